The Balaban J connectivity index is 2.70. The molecule has 2 atom stereocenters. The van der Waals surface area contributed by atoms with Crippen LogP contribution >= 0.6 is 23.4 Å². The summed E-state index contributed by atoms with van der Waals surface area (Å²) in [6.07, 6.45) is 4.84. The van der Waals surface area contributed by atoms with Crippen LogP contribution in [0, 0.1) is 0 Å². The highest BCUT2D eigenvalue weighted by atomic mass is 35.5. The van der Waals surface area contributed by atoms with Crippen molar-refractivity contribution in [1.29, 1.82) is 0 Å². The standard InChI is InChI=1S/C11H15ClN2O2S/c1-7(10(6-15)17-2)14-11(16)8-3-4-13-5-9(8)12/h3-5,7,10,15H,6H2,1-2H3,(H,14,16)/t7-,10-/m0/s1. The van der Waals surface area contributed by atoms with Crippen molar-refractivity contribution in [2.45, 2.75) is 18.2 Å². The van der Waals surface area contributed by atoms with E-state index in [1.165, 1.54) is 24.2 Å². The number of hydrogen-bond donors (Lipinski definition) is 2. The number of halogens is 1. The molecular weight excluding hydrogens is 260 g/mol. The molecule has 0 bridgehead atoms. The lowest BCUT2D eigenvalue weighted by Crippen LogP contribution is -2.41. The summed E-state index contributed by atoms with van der Waals surface area (Å²) in [6, 6.07) is 1.43. The molecule has 1 rings (SSSR count). The lowest BCUT2D eigenvalue weighted by atomic mass is 10.2. The summed E-state index contributed by atoms with van der Waals surface area (Å²) in [5.41, 5.74) is 0.395. The van der Waals surface area contributed by atoms with E-state index in [0.717, 1.165) is 0 Å². The quantitative estimate of drug-likeness (QED) is 0.856. The minimum absolute atomic E-state index is 0.0205. The summed E-state index contributed by atoms with van der Waals surface area (Å²) in [5.74, 6) is -0.252. The van der Waals surface area contributed by atoms with Gasteiger partial charge in [0.25, 0.3) is 5.91 Å². The summed E-state index contributed by atoms with van der Waals surface area (Å²) < 4.78 is 0. The molecule has 0 saturated carbocycles. The van der Waals surface area contributed by atoms with Gasteiger partial charge < -0.3 is 10.4 Å². The Morgan fingerprint density at radius 2 is 2.41 bits per heavy atom. The molecule has 0 unspecified atom stereocenters. The fraction of sp³-hybridized carbons (Fsp3) is 0.455. The van der Waals surface area contributed by atoms with Crippen molar-refractivity contribution in [3.05, 3.63) is 29.0 Å². The SMILES string of the molecule is CS[C@@H](CO)[C@H](C)NC(=O)c1ccncc1Cl. The monoisotopic (exact) mass is 274 g/mol. The Morgan fingerprint density at radius 1 is 1.71 bits per heavy atom. The maximum atomic E-state index is 11.9. The highest BCUT2D eigenvalue weighted by Crippen LogP contribution is 2.15. The molecular formula is C11H15ClN2O2S. The first kappa shape index (κ1) is 14.3. The lowest BCUT2D eigenvalue weighted by Gasteiger charge is -2.21. The minimum atomic E-state index is -0.252. The second kappa shape index (κ2) is 6.83. The average Bonchev–Trinajstić information content (AvgIpc) is 2.31. The molecule has 1 heterocycles. The van der Waals surface area contributed by atoms with Gasteiger partial charge in [-0.1, -0.05) is 11.6 Å². The molecule has 6 heteroatoms. The zero-order chi connectivity index (χ0) is 12.8. The first-order valence-electron chi connectivity index (χ1n) is 5.14. The van der Waals surface area contributed by atoms with Crippen molar-refractivity contribution in [1.82, 2.24) is 10.3 Å². The Kier molecular flexibility index (Phi) is 5.74. The lowest BCUT2D eigenvalue weighted by molar-refractivity contribution is 0.0936. The van der Waals surface area contributed by atoms with Crippen molar-refractivity contribution >= 4 is 29.3 Å². The topological polar surface area (TPSA) is 62.2 Å². The number of nitrogens with zero attached hydrogens (tertiary/aromatic N) is 1. The smallest absolute Gasteiger partial charge is 0.253 e. The third-order valence-corrected chi connectivity index (χ3v) is 3.88. The number of rotatable bonds is 5. The second-order valence-corrected chi connectivity index (χ2v) is 5.06. The van der Waals surface area contributed by atoms with Crippen LogP contribution in [0.25, 0.3) is 0 Å². The van der Waals surface area contributed by atoms with Gasteiger partial charge in [-0.25, -0.2) is 0 Å². The van der Waals surface area contributed by atoms with Crippen LogP contribution in [0.3, 0.4) is 0 Å². The van der Waals surface area contributed by atoms with Gasteiger partial charge in [0.2, 0.25) is 0 Å². The van der Waals surface area contributed by atoms with E-state index < -0.39 is 0 Å². The third kappa shape index (κ3) is 3.87. The molecule has 1 amide bonds. The van der Waals surface area contributed by atoms with Crippen LogP contribution in [0.5, 0.6) is 0 Å². The van der Waals surface area contributed by atoms with Gasteiger partial charge in [0.05, 0.1) is 17.2 Å². The van der Waals surface area contributed by atoms with E-state index in [0.29, 0.717) is 10.6 Å². The maximum absolute atomic E-state index is 11.9. The highest BCUT2D eigenvalue weighted by molar-refractivity contribution is 7.99. The Morgan fingerprint density at radius 3 is 2.94 bits per heavy atom. The van der Waals surface area contributed by atoms with Gasteiger partial charge in [0.1, 0.15) is 0 Å². The van der Waals surface area contributed by atoms with Crippen LogP contribution in [-0.4, -0.2) is 40.2 Å². The molecule has 0 aliphatic rings. The summed E-state index contributed by atoms with van der Waals surface area (Å²) in [6.45, 7) is 1.87. The minimum Gasteiger partial charge on any atom is -0.395 e. The van der Waals surface area contributed by atoms with Gasteiger partial charge >= 0.3 is 0 Å². The predicted octanol–water partition coefficient (Wildman–Crippen LogP) is 1.58. The molecule has 0 saturated heterocycles. The van der Waals surface area contributed by atoms with Crippen molar-refractivity contribution < 1.29 is 9.90 Å². The first-order valence-corrected chi connectivity index (χ1v) is 6.80. The summed E-state index contributed by atoms with van der Waals surface area (Å²) in [5, 5.41) is 12.2. The Labute approximate surface area is 110 Å². The molecule has 1 aromatic heterocycles. The van der Waals surface area contributed by atoms with E-state index in [-0.39, 0.29) is 23.8 Å². The predicted molar refractivity (Wildman–Crippen MR) is 70.6 cm³/mol. The van der Waals surface area contributed by atoms with E-state index in [4.69, 9.17) is 16.7 Å². The fourth-order valence-corrected chi connectivity index (χ4v) is 2.20. The number of amides is 1. The van der Waals surface area contributed by atoms with Crippen LogP contribution in [0.15, 0.2) is 18.5 Å². The summed E-state index contributed by atoms with van der Waals surface area (Å²) in [7, 11) is 0. The van der Waals surface area contributed by atoms with Crippen LogP contribution in [0.2, 0.25) is 5.02 Å². The molecule has 0 aliphatic heterocycles. The number of thioether (sulfide) groups is 1. The average molecular weight is 275 g/mol. The molecule has 4 nitrogen and oxygen atoms in total. The zero-order valence-electron chi connectivity index (χ0n) is 9.68. The van der Waals surface area contributed by atoms with Gasteiger partial charge in [0, 0.05) is 23.7 Å². The number of hydrogen-bond acceptors (Lipinski definition) is 4. The highest BCUT2D eigenvalue weighted by Gasteiger charge is 2.19. The number of nitrogens with one attached hydrogen (secondary N) is 1. The zero-order valence-corrected chi connectivity index (χ0v) is 11.3. The van der Waals surface area contributed by atoms with Crippen LogP contribution < -0.4 is 5.32 Å². The number of carbonyl (C=O) groups excluding carboxylic acids is 1. The molecule has 2 N–H and O–H groups in total. The van der Waals surface area contributed by atoms with Crippen LogP contribution in [-0.2, 0) is 0 Å². The number of aliphatic hydroxyl groups is 1. The van der Waals surface area contributed by atoms with Gasteiger partial charge in [-0.15, -0.1) is 0 Å². The van der Waals surface area contributed by atoms with Gasteiger partial charge in [0.15, 0.2) is 0 Å². The molecule has 1 aromatic rings. The molecule has 94 valence electrons. The largest absolute Gasteiger partial charge is 0.395 e. The van der Waals surface area contributed by atoms with Crippen molar-refractivity contribution in [3.8, 4) is 0 Å². The van der Waals surface area contributed by atoms with Gasteiger partial charge in [-0.3, -0.25) is 9.78 Å². The summed E-state index contributed by atoms with van der Waals surface area (Å²) in [4.78, 5) is 15.7. The van der Waals surface area contributed by atoms with E-state index in [2.05, 4.69) is 10.3 Å². The molecule has 0 fully saturated rings. The van der Waals surface area contributed by atoms with E-state index in [9.17, 15) is 4.79 Å². The number of carbonyl (C=O) groups is 1. The number of aromatic nitrogens is 1. The third-order valence-electron chi connectivity index (χ3n) is 2.42. The molecule has 0 spiro atoms. The van der Waals surface area contributed by atoms with Gasteiger partial charge in [-0.2, -0.15) is 11.8 Å². The maximum Gasteiger partial charge on any atom is 0.253 e. The van der Waals surface area contributed by atoms with Crippen molar-refractivity contribution in [2.75, 3.05) is 12.9 Å². The molecule has 17 heavy (non-hydrogen) atoms. The van der Waals surface area contributed by atoms with Crippen molar-refractivity contribution in [2.24, 2.45) is 0 Å². The van der Waals surface area contributed by atoms with E-state index in [1.54, 1.807) is 6.07 Å². The first-order chi connectivity index (χ1) is 8.10. The number of aliphatic hydroxyl groups excluding tert-OH is 1. The van der Waals surface area contributed by atoms with Crippen molar-refractivity contribution in [3.63, 3.8) is 0 Å². The summed E-state index contributed by atoms with van der Waals surface area (Å²) >= 11 is 7.38. The Bertz CT molecular complexity index is 385. The molecule has 0 aromatic carbocycles. The second-order valence-electron chi connectivity index (χ2n) is 3.57. The molecule has 0 aliphatic carbocycles. The fourth-order valence-electron chi connectivity index (χ4n) is 1.37. The Hall–Kier alpha value is -0.780. The molecule has 0 radical (unpaired) electrons. The number of pyridine rings is 1. The van der Waals surface area contributed by atoms with E-state index >= 15 is 0 Å². The van der Waals surface area contributed by atoms with Crippen LogP contribution in [0.4, 0.5) is 0 Å². The van der Waals surface area contributed by atoms with Gasteiger partial charge in [-0.05, 0) is 19.2 Å². The van der Waals surface area contributed by atoms with Crippen LogP contribution in [0.1, 0.15) is 17.3 Å². The normalized spacial score (nSPS) is 14.1. The van der Waals surface area contributed by atoms with E-state index in [1.807, 2.05) is 13.2 Å².